The summed E-state index contributed by atoms with van der Waals surface area (Å²) in [6.07, 6.45) is -0.497. The Hall–Kier alpha value is -3.38. The second kappa shape index (κ2) is 9.18. The first-order valence-corrected chi connectivity index (χ1v) is 9.84. The van der Waals surface area contributed by atoms with E-state index in [2.05, 4.69) is 22.1 Å². The number of nitrogens with one attached hydrogen (secondary N) is 1. The molecule has 4 N–H and O–H groups in total. The van der Waals surface area contributed by atoms with Gasteiger partial charge in [0.25, 0.3) is 11.8 Å². The number of carbonyl (C=O) groups excluding carboxylic acids is 2. The van der Waals surface area contributed by atoms with Crippen molar-refractivity contribution in [1.29, 1.82) is 0 Å². The molecule has 1 saturated heterocycles. The fourth-order valence-corrected chi connectivity index (χ4v) is 3.59. The van der Waals surface area contributed by atoms with Gasteiger partial charge in [-0.25, -0.2) is 9.37 Å². The number of aromatic nitrogens is 1. The van der Waals surface area contributed by atoms with Crippen LogP contribution in [0.1, 0.15) is 36.2 Å². The number of rotatable bonds is 6. The molecular weight excluding hydrogens is 405 g/mol. The van der Waals surface area contributed by atoms with E-state index < -0.39 is 36.0 Å². The van der Waals surface area contributed by atoms with Crippen molar-refractivity contribution in [2.75, 3.05) is 13.7 Å². The second-order valence-corrected chi connectivity index (χ2v) is 7.28. The van der Waals surface area contributed by atoms with Gasteiger partial charge in [0, 0.05) is 22.9 Å². The highest BCUT2D eigenvalue weighted by molar-refractivity contribution is 6.03. The summed E-state index contributed by atoms with van der Waals surface area (Å²) < 4.78 is 25.2. The Bertz CT molecular complexity index is 1080. The van der Waals surface area contributed by atoms with Gasteiger partial charge in [0.05, 0.1) is 24.3 Å². The summed E-state index contributed by atoms with van der Waals surface area (Å²) in [5.74, 6) is 4.09. The predicted octanol–water partition coefficient (Wildman–Crippen LogP) is 1.32. The minimum Gasteiger partial charge on any atom is -0.496 e. The largest absolute Gasteiger partial charge is 0.496 e. The number of alkyl halides is 1. The Morgan fingerprint density at radius 2 is 2.16 bits per heavy atom. The number of pyridine rings is 1. The quantitative estimate of drug-likeness (QED) is 0.595. The van der Waals surface area contributed by atoms with Crippen LogP contribution in [0.25, 0.3) is 10.8 Å². The summed E-state index contributed by atoms with van der Waals surface area (Å²) in [4.78, 5) is 27.8. The third-order valence-electron chi connectivity index (χ3n) is 5.19. The summed E-state index contributed by atoms with van der Waals surface area (Å²) in [7, 11) is 1.40. The molecule has 1 aromatic carbocycles. The van der Waals surface area contributed by atoms with Crippen molar-refractivity contribution in [2.24, 2.45) is 11.7 Å². The third kappa shape index (κ3) is 4.54. The van der Waals surface area contributed by atoms with E-state index in [1.54, 1.807) is 6.07 Å². The molecule has 2 heterocycles. The zero-order valence-electron chi connectivity index (χ0n) is 17.4. The molecule has 0 spiro atoms. The maximum absolute atomic E-state index is 14.1. The number of methoxy groups -OCH3 is 1. The van der Waals surface area contributed by atoms with Gasteiger partial charge in [-0.1, -0.05) is 18.8 Å². The van der Waals surface area contributed by atoms with Crippen LogP contribution in [0.2, 0.25) is 0 Å². The van der Waals surface area contributed by atoms with E-state index in [9.17, 15) is 19.1 Å². The summed E-state index contributed by atoms with van der Waals surface area (Å²) in [6, 6.07) is 2.60. The molecule has 2 amide bonds. The number of primary amides is 1. The first-order valence-electron chi connectivity index (χ1n) is 9.84. The molecule has 0 bridgehead atoms. The molecular formula is C22H24FN3O5. The Balaban J connectivity index is 2.04. The average molecular weight is 429 g/mol. The molecule has 2 aromatic rings. The Morgan fingerprint density at radius 1 is 1.42 bits per heavy atom. The fraction of sp³-hybridized carbons (Fsp3) is 0.409. The lowest BCUT2D eigenvalue weighted by Crippen LogP contribution is -2.34. The standard InChI is InChI=1S/C22H24FN3O5/c1-4-13-17(26-21(29)19(13)23)10-31-22-15-8-18(30-3)16(20(24)28)7-14(15)12(9-25-22)6-5-11(2)27/h7-9,11,13,17,19,27H,4,10H2,1-3H3,(H2,24,28)(H,26,29)/t11-,13+,17-,19+/m1/s1. The molecule has 1 fully saturated rings. The van der Waals surface area contributed by atoms with Crippen LogP contribution in [0.4, 0.5) is 4.39 Å². The van der Waals surface area contributed by atoms with Crippen LogP contribution in [0.5, 0.6) is 11.6 Å². The lowest BCUT2D eigenvalue weighted by Gasteiger charge is -2.19. The summed E-state index contributed by atoms with van der Waals surface area (Å²) in [5.41, 5.74) is 6.08. The molecule has 1 aliphatic heterocycles. The first kappa shape index (κ1) is 22.3. The van der Waals surface area contributed by atoms with Gasteiger partial charge in [-0.2, -0.15) is 0 Å². The molecule has 9 heteroatoms. The summed E-state index contributed by atoms with van der Waals surface area (Å²) in [6.45, 7) is 3.35. The second-order valence-electron chi connectivity index (χ2n) is 7.28. The van der Waals surface area contributed by atoms with Gasteiger partial charge in [0.2, 0.25) is 5.88 Å². The zero-order chi connectivity index (χ0) is 22.7. The number of aliphatic hydroxyl groups is 1. The molecule has 0 unspecified atom stereocenters. The maximum atomic E-state index is 14.1. The van der Waals surface area contributed by atoms with Crippen LogP contribution < -0.4 is 20.5 Å². The number of fused-ring (bicyclic) bond motifs is 1. The monoisotopic (exact) mass is 429 g/mol. The number of aliphatic hydroxyl groups excluding tert-OH is 1. The van der Waals surface area contributed by atoms with Crippen molar-refractivity contribution in [3.8, 4) is 23.5 Å². The summed E-state index contributed by atoms with van der Waals surface area (Å²) >= 11 is 0. The number of carbonyl (C=O) groups is 2. The highest BCUT2D eigenvalue weighted by Gasteiger charge is 2.41. The predicted molar refractivity (Wildman–Crippen MR) is 111 cm³/mol. The number of hydrogen-bond acceptors (Lipinski definition) is 6. The molecule has 164 valence electrons. The fourth-order valence-electron chi connectivity index (χ4n) is 3.59. The Kier molecular flexibility index (Phi) is 6.61. The molecule has 1 aromatic heterocycles. The number of nitrogens with two attached hydrogens (primary N) is 1. The van der Waals surface area contributed by atoms with E-state index in [1.165, 1.54) is 26.3 Å². The minimum atomic E-state index is -1.57. The molecule has 8 nitrogen and oxygen atoms in total. The van der Waals surface area contributed by atoms with Gasteiger partial charge < -0.3 is 25.6 Å². The van der Waals surface area contributed by atoms with Crippen molar-refractivity contribution in [3.63, 3.8) is 0 Å². The van der Waals surface area contributed by atoms with E-state index in [4.69, 9.17) is 15.2 Å². The van der Waals surface area contributed by atoms with Gasteiger partial charge >= 0.3 is 0 Å². The average Bonchev–Trinajstić information content (AvgIpc) is 3.02. The topological polar surface area (TPSA) is 124 Å². The lowest BCUT2D eigenvalue weighted by molar-refractivity contribution is -0.123. The van der Waals surface area contributed by atoms with Gasteiger partial charge in [-0.15, -0.1) is 0 Å². The lowest BCUT2D eigenvalue weighted by atomic mass is 9.97. The van der Waals surface area contributed by atoms with E-state index in [0.717, 1.165) is 0 Å². The molecule has 31 heavy (non-hydrogen) atoms. The molecule has 1 aliphatic rings. The smallest absolute Gasteiger partial charge is 0.255 e. The van der Waals surface area contributed by atoms with Gasteiger partial charge in [0.15, 0.2) is 6.17 Å². The number of amides is 2. The van der Waals surface area contributed by atoms with E-state index in [1.807, 2.05) is 6.92 Å². The number of halogens is 1. The van der Waals surface area contributed by atoms with Crippen molar-refractivity contribution in [2.45, 2.75) is 38.6 Å². The number of nitrogens with zero attached hydrogens (tertiary/aromatic N) is 1. The van der Waals surface area contributed by atoms with Gasteiger partial charge in [-0.3, -0.25) is 9.59 Å². The molecule has 0 radical (unpaired) electrons. The van der Waals surface area contributed by atoms with Crippen LogP contribution >= 0.6 is 0 Å². The molecule has 4 atom stereocenters. The van der Waals surface area contributed by atoms with Crippen molar-refractivity contribution in [3.05, 3.63) is 29.5 Å². The van der Waals surface area contributed by atoms with Gasteiger partial charge in [-0.05, 0) is 25.5 Å². The Labute approximate surface area is 178 Å². The van der Waals surface area contributed by atoms with Crippen molar-refractivity contribution in [1.82, 2.24) is 10.3 Å². The Morgan fingerprint density at radius 3 is 2.77 bits per heavy atom. The zero-order valence-corrected chi connectivity index (χ0v) is 17.4. The highest BCUT2D eigenvalue weighted by atomic mass is 19.1. The van der Waals surface area contributed by atoms with Gasteiger partial charge in [0.1, 0.15) is 18.5 Å². The van der Waals surface area contributed by atoms with E-state index in [-0.39, 0.29) is 23.8 Å². The minimum absolute atomic E-state index is 0.0192. The van der Waals surface area contributed by atoms with Crippen LogP contribution in [0.15, 0.2) is 18.3 Å². The highest BCUT2D eigenvalue weighted by Crippen LogP contribution is 2.33. The number of ether oxygens (including phenoxy) is 2. The SMILES string of the molecule is CC[C@@H]1[C@H](F)C(=O)N[C@@H]1COc1ncc(C#C[C@@H](C)O)c2cc(C(N)=O)c(OC)cc12. The number of hydrogen-bond donors (Lipinski definition) is 3. The summed E-state index contributed by atoms with van der Waals surface area (Å²) in [5, 5.41) is 13.1. The molecule has 0 saturated carbocycles. The third-order valence-corrected chi connectivity index (χ3v) is 5.19. The van der Waals surface area contributed by atoms with Crippen LogP contribution in [0, 0.1) is 17.8 Å². The van der Waals surface area contributed by atoms with Crippen LogP contribution in [0.3, 0.4) is 0 Å². The molecule has 3 rings (SSSR count). The maximum Gasteiger partial charge on any atom is 0.255 e. The van der Waals surface area contributed by atoms with E-state index >= 15 is 0 Å². The van der Waals surface area contributed by atoms with E-state index in [0.29, 0.717) is 22.8 Å². The normalized spacial score (nSPS) is 21.2. The van der Waals surface area contributed by atoms with Crippen LogP contribution in [-0.2, 0) is 4.79 Å². The number of benzene rings is 1. The first-order chi connectivity index (χ1) is 14.8. The van der Waals surface area contributed by atoms with Crippen molar-refractivity contribution >= 4 is 22.6 Å². The van der Waals surface area contributed by atoms with Crippen LogP contribution in [-0.4, -0.2) is 53.9 Å². The molecule has 0 aliphatic carbocycles. The van der Waals surface area contributed by atoms with Crippen molar-refractivity contribution < 1.29 is 28.6 Å².